The van der Waals surface area contributed by atoms with E-state index in [1.165, 1.54) is 0 Å². The van der Waals surface area contributed by atoms with Crippen molar-refractivity contribution >= 4 is 0 Å². The predicted molar refractivity (Wildman–Crippen MR) is 61.3 cm³/mol. The summed E-state index contributed by atoms with van der Waals surface area (Å²) in [5.41, 5.74) is 3.02. The summed E-state index contributed by atoms with van der Waals surface area (Å²) in [4.78, 5) is 0. The average molecular weight is 196 g/mol. The maximum Gasteiger partial charge on any atom is 0.0923 e. The van der Waals surface area contributed by atoms with E-state index in [9.17, 15) is 0 Å². The number of hydrogen-bond donors (Lipinski definition) is 1. The lowest BCUT2D eigenvalue weighted by Crippen LogP contribution is -1.88. The molecule has 1 N–H and O–H groups in total. The van der Waals surface area contributed by atoms with Crippen molar-refractivity contribution in [2.45, 2.75) is 12.8 Å². The Bertz CT molecular complexity index is 477. The number of nitrogens with one attached hydrogen (secondary N) is 1. The molecule has 1 aromatic carbocycles. The van der Waals surface area contributed by atoms with Gasteiger partial charge in [0.25, 0.3) is 0 Å². The second-order valence-corrected chi connectivity index (χ2v) is 3.46. The summed E-state index contributed by atoms with van der Waals surface area (Å²) in [6.45, 7) is 1.97. The van der Waals surface area contributed by atoms with Crippen LogP contribution in [0.4, 0.5) is 0 Å². The molecule has 1 heterocycles. The first kappa shape index (κ1) is 9.54. The molecule has 74 valence electrons. The molecule has 1 unspecified atom stereocenters. The van der Waals surface area contributed by atoms with Crippen LogP contribution in [0.3, 0.4) is 0 Å². The molecule has 2 nitrogen and oxygen atoms in total. The van der Waals surface area contributed by atoms with Crippen molar-refractivity contribution < 1.29 is 0 Å². The molecule has 1 atom stereocenters. The molecule has 0 spiro atoms. The van der Waals surface area contributed by atoms with Gasteiger partial charge in [0.15, 0.2) is 0 Å². The Morgan fingerprint density at radius 1 is 1.33 bits per heavy atom. The molecule has 0 aliphatic heterocycles. The fourth-order valence-corrected chi connectivity index (χ4v) is 1.41. The average Bonchev–Trinajstić information content (AvgIpc) is 2.78. The van der Waals surface area contributed by atoms with Crippen molar-refractivity contribution in [1.82, 2.24) is 10.2 Å². The molecule has 0 radical (unpaired) electrons. The Morgan fingerprint density at radius 2 is 2.07 bits per heavy atom. The van der Waals surface area contributed by atoms with Crippen molar-refractivity contribution in [1.29, 1.82) is 0 Å². The highest BCUT2D eigenvalue weighted by atomic mass is 15.1. The van der Waals surface area contributed by atoms with Crippen LogP contribution >= 0.6 is 0 Å². The molecule has 0 amide bonds. The molecule has 0 aliphatic rings. The van der Waals surface area contributed by atoms with E-state index in [0.29, 0.717) is 0 Å². The van der Waals surface area contributed by atoms with Gasteiger partial charge in [0.2, 0.25) is 0 Å². The van der Waals surface area contributed by atoms with Crippen LogP contribution < -0.4 is 0 Å². The third kappa shape index (κ3) is 1.92. The van der Waals surface area contributed by atoms with Crippen molar-refractivity contribution in [2.24, 2.45) is 0 Å². The second-order valence-electron chi connectivity index (χ2n) is 3.46. The molecular formula is C13H12N2. The summed E-state index contributed by atoms with van der Waals surface area (Å²) in [6, 6.07) is 12.0. The zero-order valence-electron chi connectivity index (χ0n) is 8.57. The highest BCUT2D eigenvalue weighted by molar-refractivity contribution is 5.59. The molecule has 15 heavy (non-hydrogen) atoms. The lowest BCUT2D eigenvalue weighted by atomic mass is 10.1. The van der Waals surface area contributed by atoms with Gasteiger partial charge in [0, 0.05) is 5.56 Å². The zero-order valence-corrected chi connectivity index (χ0v) is 8.57. The van der Waals surface area contributed by atoms with Gasteiger partial charge < -0.3 is 0 Å². The minimum absolute atomic E-state index is 0.0787. The Labute approximate surface area is 89.3 Å². The Balaban J connectivity index is 2.33. The van der Waals surface area contributed by atoms with Gasteiger partial charge in [-0.25, -0.2) is 0 Å². The second kappa shape index (κ2) is 4.02. The van der Waals surface area contributed by atoms with Crippen molar-refractivity contribution in [2.75, 3.05) is 0 Å². The molecule has 0 fully saturated rings. The Hall–Kier alpha value is -2.01. The van der Waals surface area contributed by atoms with E-state index in [1.54, 1.807) is 0 Å². The van der Waals surface area contributed by atoms with Crippen LogP contribution in [0.15, 0.2) is 36.4 Å². The normalized spacial score (nSPS) is 12.0. The van der Waals surface area contributed by atoms with Gasteiger partial charge in [0.05, 0.1) is 17.3 Å². The lowest BCUT2D eigenvalue weighted by molar-refractivity contribution is 0.907. The van der Waals surface area contributed by atoms with Crippen LogP contribution in [0.1, 0.15) is 18.5 Å². The monoisotopic (exact) mass is 196 g/mol. The highest BCUT2D eigenvalue weighted by Crippen LogP contribution is 2.20. The summed E-state index contributed by atoms with van der Waals surface area (Å²) in [6.07, 6.45) is 5.35. The van der Waals surface area contributed by atoms with Gasteiger partial charge in [-0.05, 0) is 13.0 Å². The van der Waals surface area contributed by atoms with E-state index in [1.807, 2.05) is 43.3 Å². The number of H-pyrrole nitrogens is 1. The van der Waals surface area contributed by atoms with Crippen LogP contribution in [0.2, 0.25) is 0 Å². The fourth-order valence-electron chi connectivity index (χ4n) is 1.41. The number of benzene rings is 1. The van der Waals surface area contributed by atoms with Crippen LogP contribution in [0.25, 0.3) is 11.3 Å². The molecule has 0 aliphatic carbocycles. The smallest absolute Gasteiger partial charge is 0.0923 e. The number of aromatic amines is 1. The van der Waals surface area contributed by atoms with Crippen LogP contribution in [-0.4, -0.2) is 10.2 Å². The third-order valence-electron chi connectivity index (χ3n) is 2.38. The van der Waals surface area contributed by atoms with E-state index >= 15 is 0 Å². The summed E-state index contributed by atoms with van der Waals surface area (Å²) >= 11 is 0. The molecule has 1 aromatic heterocycles. The summed E-state index contributed by atoms with van der Waals surface area (Å²) < 4.78 is 0. The van der Waals surface area contributed by atoms with Gasteiger partial charge >= 0.3 is 0 Å². The number of nitrogens with zero attached hydrogens (tertiary/aromatic N) is 1. The Kier molecular flexibility index (Phi) is 2.55. The van der Waals surface area contributed by atoms with Gasteiger partial charge in [-0.15, -0.1) is 6.42 Å². The Morgan fingerprint density at radius 3 is 2.73 bits per heavy atom. The van der Waals surface area contributed by atoms with Crippen LogP contribution in [0.5, 0.6) is 0 Å². The third-order valence-corrected chi connectivity index (χ3v) is 2.38. The van der Waals surface area contributed by atoms with E-state index in [0.717, 1.165) is 17.0 Å². The standard InChI is InChI=1S/C13H12N2/c1-3-10(2)12-9-13(15-14-12)11-7-5-4-6-8-11/h1,4-10H,2H3,(H,14,15). The quantitative estimate of drug-likeness (QED) is 0.735. The van der Waals surface area contributed by atoms with Gasteiger partial charge in [0.1, 0.15) is 0 Å². The zero-order chi connectivity index (χ0) is 10.7. The number of aromatic nitrogens is 2. The number of terminal acetylenes is 1. The molecule has 0 saturated carbocycles. The predicted octanol–water partition coefficient (Wildman–Crippen LogP) is 2.81. The van der Waals surface area contributed by atoms with E-state index in [4.69, 9.17) is 6.42 Å². The molecule has 2 aromatic rings. The first-order chi connectivity index (χ1) is 7.31. The fraction of sp³-hybridized carbons (Fsp3) is 0.154. The molecule has 0 bridgehead atoms. The summed E-state index contributed by atoms with van der Waals surface area (Å²) in [5.74, 6) is 2.75. The highest BCUT2D eigenvalue weighted by Gasteiger charge is 2.07. The van der Waals surface area contributed by atoms with Crippen LogP contribution in [0, 0.1) is 12.3 Å². The van der Waals surface area contributed by atoms with Crippen molar-refractivity contribution in [3.05, 3.63) is 42.1 Å². The van der Waals surface area contributed by atoms with E-state index < -0.39 is 0 Å². The first-order valence-electron chi connectivity index (χ1n) is 4.88. The molecule has 2 rings (SSSR count). The van der Waals surface area contributed by atoms with Gasteiger partial charge in [-0.3, -0.25) is 5.10 Å². The summed E-state index contributed by atoms with van der Waals surface area (Å²) in [5, 5.41) is 7.20. The molecule has 2 heteroatoms. The SMILES string of the molecule is C#CC(C)c1cc(-c2ccccc2)n[nH]1. The topological polar surface area (TPSA) is 28.7 Å². The molecule has 0 saturated heterocycles. The summed E-state index contributed by atoms with van der Waals surface area (Å²) in [7, 11) is 0. The first-order valence-corrected chi connectivity index (χ1v) is 4.88. The van der Waals surface area contributed by atoms with Gasteiger partial charge in [-0.1, -0.05) is 36.3 Å². The lowest BCUT2D eigenvalue weighted by Gasteiger charge is -1.96. The van der Waals surface area contributed by atoms with E-state index in [-0.39, 0.29) is 5.92 Å². The maximum absolute atomic E-state index is 5.35. The van der Waals surface area contributed by atoms with Crippen LogP contribution in [-0.2, 0) is 0 Å². The maximum atomic E-state index is 5.35. The largest absolute Gasteiger partial charge is 0.281 e. The molecular weight excluding hydrogens is 184 g/mol. The van der Waals surface area contributed by atoms with Crippen molar-refractivity contribution in [3.8, 4) is 23.6 Å². The number of hydrogen-bond acceptors (Lipinski definition) is 1. The minimum Gasteiger partial charge on any atom is -0.281 e. The minimum atomic E-state index is 0.0787. The van der Waals surface area contributed by atoms with E-state index in [2.05, 4.69) is 16.1 Å². The number of rotatable bonds is 2. The van der Waals surface area contributed by atoms with Gasteiger partial charge in [-0.2, -0.15) is 5.10 Å². The van der Waals surface area contributed by atoms with Crippen molar-refractivity contribution in [3.63, 3.8) is 0 Å².